The Morgan fingerprint density at radius 3 is 2.28 bits per heavy atom. The summed E-state index contributed by atoms with van der Waals surface area (Å²) < 4.78 is 5.94. The Morgan fingerprint density at radius 1 is 0.938 bits per heavy atom. The molecule has 1 aromatic heterocycles. The van der Waals surface area contributed by atoms with Crippen LogP contribution in [0.15, 0.2) is 48.5 Å². The van der Waals surface area contributed by atoms with Crippen LogP contribution in [-0.4, -0.2) is 48.1 Å². The zero-order valence-corrected chi connectivity index (χ0v) is 19.8. The lowest BCUT2D eigenvalue weighted by Gasteiger charge is -2.36. The molecule has 5 nitrogen and oxygen atoms in total. The number of aromatic nitrogens is 1. The van der Waals surface area contributed by atoms with Crippen LogP contribution in [0, 0.1) is 13.8 Å². The molecule has 1 unspecified atom stereocenters. The third-order valence-corrected chi connectivity index (χ3v) is 6.36. The van der Waals surface area contributed by atoms with Crippen molar-refractivity contribution >= 4 is 22.6 Å². The number of aryl methyl sites for hydroxylation is 2. The molecule has 1 fully saturated rings. The fourth-order valence-corrected chi connectivity index (χ4v) is 4.30. The van der Waals surface area contributed by atoms with Crippen LogP contribution in [0.2, 0.25) is 0 Å². The molecule has 1 aliphatic rings. The molecule has 32 heavy (non-hydrogen) atoms. The predicted octanol–water partition coefficient (Wildman–Crippen LogP) is 5.09. The molecule has 1 amide bonds. The number of fused-ring (bicyclic) bond motifs is 1. The summed E-state index contributed by atoms with van der Waals surface area (Å²) in [5.41, 5.74) is 4.75. The molecule has 0 bridgehead atoms. The molecule has 0 aliphatic carbocycles. The lowest BCUT2D eigenvalue weighted by molar-refractivity contribution is -0.138. The molecular weight excluding hydrogens is 398 g/mol. The van der Waals surface area contributed by atoms with Gasteiger partial charge < -0.3 is 14.5 Å². The maximum atomic E-state index is 13.0. The molecule has 1 aliphatic heterocycles. The summed E-state index contributed by atoms with van der Waals surface area (Å²) in [5, 5.41) is 1.20. The van der Waals surface area contributed by atoms with Gasteiger partial charge in [-0.2, -0.15) is 0 Å². The summed E-state index contributed by atoms with van der Waals surface area (Å²) in [6, 6.07) is 16.5. The number of anilines is 1. The number of nitrogens with zero attached hydrogens (tertiary/aromatic N) is 3. The van der Waals surface area contributed by atoms with Gasteiger partial charge in [0.15, 0.2) is 6.10 Å². The first-order chi connectivity index (χ1) is 15.3. The fraction of sp³-hybridized carbons (Fsp3) is 0.407. The van der Waals surface area contributed by atoms with Crippen molar-refractivity contribution in [3.05, 3.63) is 65.2 Å². The van der Waals surface area contributed by atoms with Gasteiger partial charge in [-0.25, -0.2) is 4.98 Å². The van der Waals surface area contributed by atoms with Crippen LogP contribution in [-0.2, 0) is 4.79 Å². The maximum Gasteiger partial charge on any atom is 0.263 e. The zero-order valence-electron chi connectivity index (χ0n) is 19.8. The Kier molecular flexibility index (Phi) is 6.35. The largest absolute Gasteiger partial charge is 0.481 e. The number of para-hydroxylation sites is 1. The van der Waals surface area contributed by atoms with E-state index >= 15 is 0 Å². The van der Waals surface area contributed by atoms with E-state index in [1.807, 2.05) is 24.0 Å². The van der Waals surface area contributed by atoms with Gasteiger partial charge in [-0.3, -0.25) is 4.79 Å². The number of ether oxygens (including phenoxy) is 1. The number of benzene rings is 2. The van der Waals surface area contributed by atoms with E-state index in [-0.39, 0.29) is 5.91 Å². The van der Waals surface area contributed by atoms with Crippen molar-refractivity contribution < 1.29 is 9.53 Å². The van der Waals surface area contributed by atoms with E-state index in [0.29, 0.717) is 19.0 Å². The van der Waals surface area contributed by atoms with Crippen LogP contribution in [0.4, 0.5) is 5.82 Å². The number of pyridine rings is 1. The number of piperazine rings is 1. The lowest BCUT2D eigenvalue weighted by Crippen LogP contribution is -2.52. The number of rotatable bonds is 5. The van der Waals surface area contributed by atoms with Crippen LogP contribution >= 0.6 is 0 Å². The van der Waals surface area contributed by atoms with E-state index in [2.05, 4.69) is 69.0 Å². The van der Waals surface area contributed by atoms with Crippen molar-refractivity contribution in [2.75, 3.05) is 31.1 Å². The van der Waals surface area contributed by atoms with Crippen molar-refractivity contribution in [1.82, 2.24) is 9.88 Å². The monoisotopic (exact) mass is 431 g/mol. The van der Waals surface area contributed by atoms with E-state index in [4.69, 9.17) is 9.72 Å². The van der Waals surface area contributed by atoms with Crippen LogP contribution in [0.1, 0.15) is 43.4 Å². The second-order valence-electron chi connectivity index (χ2n) is 9.06. The summed E-state index contributed by atoms with van der Waals surface area (Å²) in [6.45, 7) is 13.3. The van der Waals surface area contributed by atoms with Gasteiger partial charge in [0.2, 0.25) is 0 Å². The van der Waals surface area contributed by atoms with Gasteiger partial charge in [0, 0.05) is 31.6 Å². The highest BCUT2D eigenvalue weighted by Crippen LogP contribution is 2.26. The maximum absolute atomic E-state index is 13.0. The van der Waals surface area contributed by atoms with Gasteiger partial charge >= 0.3 is 0 Å². The Labute approximate surface area is 191 Å². The molecule has 1 atom stereocenters. The molecular formula is C27H33N3O2. The van der Waals surface area contributed by atoms with E-state index in [9.17, 15) is 4.79 Å². The minimum absolute atomic E-state index is 0.0380. The average Bonchev–Trinajstić information content (AvgIpc) is 2.79. The van der Waals surface area contributed by atoms with Crippen LogP contribution in [0.3, 0.4) is 0 Å². The molecule has 2 heterocycles. The van der Waals surface area contributed by atoms with E-state index < -0.39 is 6.10 Å². The average molecular weight is 432 g/mol. The lowest BCUT2D eigenvalue weighted by atomic mass is 10.0. The second-order valence-corrected chi connectivity index (χ2v) is 9.06. The first kappa shape index (κ1) is 22.1. The molecule has 3 aromatic rings. The molecule has 4 rings (SSSR count). The second kappa shape index (κ2) is 9.19. The molecule has 1 saturated heterocycles. The standard InChI is InChI=1S/C27H33N3O2/c1-18(2)22-9-11-23(12-10-22)32-21(5)27(31)30-15-13-29(14-16-30)25-17-20(4)24-8-6-7-19(3)26(24)28-25/h6-12,17-18,21H,13-16H2,1-5H3. The highest BCUT2D eigenvalue weighted by atomic mass is 16.5. The molecule has 5 heteroatoms. The first-order valence-electron chi connectivity index (χ1n) is 11.5. The number of carbonyl (C=O) groups excluding carboxylic acids is 1. The zero-order chi connectivity index (χ0) is 22.8. The fourth-order valence-electron chi connectivity index (χ4n) is 4.30. The van der Waals surface area contributed by atoms with Crippen molar-refractivity contribution in [2.45, 2.75) is 46.6 Å². The third-order valence-electron chi connectivity index (χ3n) is 6.36. The predicted molar refractivity (Wildman–Crippen MR) is 131 cm³/mol. The summed E-state index contributed by atoms with van der Waals surface area (Å²) in [6.07, 6.45) is -0.505. The van der Waals surface area contributed by atoms with Crippen molar-refractivity contribution in [1.29, 1.82) is 0 Å². The van der Waals surface area contributed by atoms with E-state index in [1.165, 1.54) is 22.1 Å². The van der Waals surface area contributed by atoms with Gasteiger partial charge in [0.25, 0.3) is 5.91 Å². The molecule has 0 radical (unpaired) electrons. The first-order valence-corrected chi connectivity index (χ1v) is 11.5. The van der Waals surface area contributed by atoms with Gasteiger partial charge in [-0.05, 0) is 61.6 Å². The Bertz CT molecular complexity index is 1100. The summed E-state index contributed by atoms with van der Waals surface area (Å²) in [5.74, 6) is 2.24. The number of carbonyl (C=O) groups is 1. The quantitative estimate of drug-likeness (QED) is 0.564. The van der Waals surface area contributed by atoms with Crippen LogP contribution < -0.4 is 9.64 Å². The van der Waals surface area contributed by atoms with Gasteiger partial charge in [0.05, 0.1) is 5.52 Å². The molecule has 2 aromatic carbocycles. The topological polar surface area (TPSA) is 45.7 Å². The highest BCUT2D eigenvalue weighted by Gasteiger charge is 2.27. The molecule has 168 valence electrons. The SMILES string of the molecule is Cc1cc(N2CCN(C(=O)C(C)Oc3ccc(C(C)C)cc3)CC2)nc2c(C)cccc12. The number of amides is 1. The van der Waals surface area contributed by atoms with Gasteiger partial charge in [-0.15, -0.1) is 0 Å². The van der Waals surface area contributed by atoms with Gasteiger partial charge in [-0.1, -0.05) is 44.2 Å². The van der Waals surface area contributed by atoms with Crippen molar-refractivity contribution in [3.63, 3.8) is 0 Å². The third kappa shape index (κ3) is 4.57. The number of hydrogen-bond donors (Lipinski definition) is 0. The molecule has 0 spiro atoms. The van der Waals surface area contributed by atoms with Crippen LogP contribution in [0.5, 0.6) is 5.75 Å². The van der Waals surface area contributed by atoms with Crippen molar-refractivity contribution in [3.8, 4) is 5.75 Å². The van der Waals surface area contributed by atoms with E-state index in [1.54, 1.807) is 0 Å². The Balaban J connectivity index is 1.38. The van der Waals surface area contributed by atoms with Crippen LogP contribution in [0.25, 0.3) is 10.9 Å². The van der Waals surface area contributed by atoms with Gasteiger partial charge in [0.1, 0.15) is 11.6 Å². The summed E-state index contributed by atoms with van der Waals surface area (Å²) in [4.78, 5) is 22.1. The van der Waals surface area contributed by atoms with E-state index in [0.717, 1.165) is 30.2 Å². The Hall–Kier alpha value is -3.08. The Morgan fingerprint density at radius 2 is 1.62 bits per heavy atom. The molecule has 0 N–H and O–H groups in total. The van der Waals surface area contributed by atoms with Crippen molar-refractivity contribution in [2.24, 2.45) is 0 Å². The highest BCUT2D eigenvalue weighted by molar-refractivity contribution is 5.86. The minimum Gasteiger partial charge on any atom is -0.481 e. The molecule has 0 saturated carbocycles. The number of hydrogen-bond acceptors (Lipinski definition) is 4. The normalized spacial score (nSPS) is 15.3. The summed E-state index contributed by atoms with van der Waals surface area (Å²) in [7, 11) is 0. The smallest absolute Gasteiger partial charge is 0.263 e. The summed E-state index contributed by atoms with van der Waals surface area (Å²) >= 11 is 0. The minimum atomic E-state index is -0.505.